The van der Waals surface area contributed by atoms with Gasteiger partial charge in [-0.15, -0.1) is 11.3 Å². The molecule has 1 aromatic carbocycles. The first kappa shape index (κ1) is 23.5. The summed E-state index contributed by atoms with van der Waals surface area (Å²) in [5.74, 6) is -0.290. The molecule has 0 spiro atoms. The number of rotatable bonds is 8. The summed E-state index contributed by atoms with van der Waals surface area (Å²) in [6, 6.07) is 7.15. The molecule has 3 rings (SSSR count). The first-order valence-corrected chi connectivity index (χ1v) is 11.1. The maximum atomic E-state index is 12.6. The van der Waals surface area contributed by atoms with Gasteiger partial charge in [-0.25, -0.2) is 9.78 Å². The molecule has 0 bridgehead atoms. The van der Waals surface area contributed by atoms with E-state index >= 15 is 0 Å². The van der Waals surface area contributed by atoms with Crippen molar-refractivity contribution in [2.75, 3.05) is 19.0 Å². The van der Waals surface area contributed by atoms with Crippen molar-refractivity contribution in [3.05, 3.63) is 57.4 Å². The molecule has 2 heterocycles. The number of nitrogens with one attached hydrogen (secondary N) is 2. The van der Waals surface area contributed by atoms with Crippen molar-refractivity contribution in [1.29, 1.82) is 0 Å². The zero-order chi connectivity index (χ0) is 23.3. The molecular weight excluding hydrogens is 454 g/mol. The summed E-state index contributed by atoms with van der Waals surface area (Å²) in [5, 5.41) is 6.15. The minimum Gasteiger partial charge on any atom is -0.462 e. The van der Waals surface area contributed by atoms with Gasteiger partial charge in [0.05, 0.1) is 23.2 Å². The van der Waals surface area contributed by atoms with E-state index in [1.807, 2.05) is 12.1 Å². The molecule has 2 aromatic heterocycles. The Morgan fingerprint density at radius 3 is 2.59 bits per heavy atom. The number of aryl methyl sites for hydroxylation is 1. The predicted molar refractivity (Wildman–Crippen MR) is 122 cm³/mol. The zero-order valence-electron chi connectivity index (χ0n) is 17.8. The number of amides is 2. The number of ether oxygens (including phenoxy) is 1. The lowest BCUT2D eigenvalue weighted by atomic mass is 10.1. The van der Waals surface area contributed by atoms with Crippen molar-refractivity contribution in [1.82, 2.24) is 10.3 Å². The third-order valence-electron chi connectivity index (χ3n) is 4.56. The van der Waals surface area contributed by atoms with Crippen LogP contribution in [0.2, 0.25) is 5.02 Å². The normalized spacial score (nSPS) is 10.6. The molecule has 0 saturated heterocycles. The van der Waals surface area contributed by atoms with E-state index in [2.05, 4.69) is 15.6 Å². The van der Waals surface area contributed by atoms with E-state index in [0.717, 1.165) is 16.9 Å². The topological polar surface area (TPSA) is 111 Å². The molecule has 0 atom stereocenters. The van der Waals surface area contributed by atoms with Gasteiger partial charge in [-0.1, -0.05) is 11.6 Å². The maximum Gasteiger partial charge on any atom is 0.341 e. The predicted octanol–water partition coefficient (Wildman–Crippen LogP) is 4.47. The summed E-state index contributed by atoms with van der Waals surface area (Å²) in [6.45, 7) is 3.51. The average Bonchev–Trinajstić information content (AvgIpc) is 3.37. The first-order chi connectivity index (χ1) is 15.3. The minimum absolute atomic E-state index is 0.0785. The lowest BCUT2D eigenvalue weighted by molar-refractivity contribution is -0.116. The molecule has 0 aliphatic heterocycles. The Kier molecular flexibility index (Phi) is 7.66. The third-order valence-corrected chi connectivity index (χ3v) is 6.02. The quantitative estimate of drug-likeness (QED) is 0.465. The van der Waals surface area contributed by atoms with Gasteiger partial charge in [-0.2, -0.15) is 0 Å². The Morgan fingerprint density at radius 1 is 1.22 bits per heavy atom. The summed E-state index contributed by atoms with van der Waals surface area (Å²) in [6.07, 6.45) is 1.93. The molecule has 8 nitrogen and oxygen atoms in total. The molecule has 0 unspecified atom stereocenters. The van der Waals surface area contributed by atoms with Gasteiger partial charge in [-0.3, -0.25) is 9.59 Å². The zero-order valence-corrected chi connectivity index (χ0v) is 19.4. The fourth-order valence-corrected chi connectivity index (χ4v) is 4.25. The monoisotopic (exact) mass is 475 g/mol. The molecular formula is C22H22ClN3O5S. The summed E-state index contributed by atoms with van der Waals surface area (Å²) in [5.41, 5.74) is 1.47. The summed E-state index contributed by atoms with van der Waals surface area (Å²) < 4.78 is 10.8. The van der Waals surface area contributed by atoms with Crippen molar-refractivity contribution in [3.8, 4) is 11.3 Å². The Bertz CT molecular complexity index is 1140. The van der Waals surface area contributed by atoms with Crippen molar-refractivity contribution in [2.45, 2.75) is 26.7 Å². The number of nitrogens with zero attached hydrogens (tertiary/aromatic N) is 1. The summed E-state index contributed by atoms with van der Waals surface area (Å²) >= 11 is 6.93. The lowest BCUT2D eigenvalue weighted by Crippen LogP contribution is -2.18. The average molecular weight is 476 g/mol. The minimum atomic E-state index is -0.591. The van der Waals surface area contributed by atoms with Crippen LogP contribution < -0.4 is 10.6 Å². The summed E-state index contributed by atoms with van der Waals surface area (Å²) in [7, 11) is 1.50. The fourth-order valence-electron chi connectivity index (χ4n) is 2.96. The van der Waals surface area contributed by atoms with Gasteiger partial charge >= 0.3 is 5.97 Å². The Morgan fingerprint density at radius 2 is 1.94 bits per heavy atom. The highest BCUT2D eigenvalue weighted by Crippen LogP contribution is 2.34. The van der Waals surface area contributed by atoms with Crippen LogP contribution in [0.1, 0.15) is 44.8 Å². The second-order valence-corrected chi connectivity index (χ2v) is 8.19. The van der Waals surface area contributed by atoms with Gasteiger partial charge in [0.25, 0.3) is 5.91 Å². The van der Waals surface area contributed by atoms with E-state index in [9.17, 15) is 14.4 Å². The van der Waals surface area contributed by atoms with Crippen LogP contribution in [0.25, 0.3) is 11.3 Å². The fraction of sp³-hybridized carbons (Fsp3) is 0.273. The van der Waals surface area contributed by atoms with Gasteiger partial charge < -0.3 is 19.8 Å². The van der Waals surface area contributed by atoms with E-state index < -0.39 is 5.97 Å². The Balaban J connectivity index is 1.70. The van der Waals surface area contributed by atoms with Crippen molar-refractivity contribution in [2.24, 2.45) is 0 Å². The van der Waals surface area contributed by atoms with Gasteiger partial charge in [0, 0.05) is 30.5 Å². The van der Waals surface area contributed by atoms with Crippen LogP contribution in [-0.2, 0) is 16.0 Å². The molecule has 168 valence electrons. The van der Waals surface area contributed by atoms with E-state index in [4.69, 9.17) is 20.8 Å². The molecule has 0 fully saturated rings. The molecule has 2 amide bonds. The highest BCUT2D eigenvalue weighted by Gasteiger charge is 2.26. The van der Waals surface area contributed by atoms with Crippen LogP contribution in [0.15, 0.2) is 34.9 Å². The van der Waals surface area contributed by atoms with Crippen molar-refractivity contribution >= 4 is 45.7 Å². The third kappa shape index (κ3) is 5.35. The molecule has 0 saturated carbocycles. The van der Waals surface area contributed by atoms with Gasteiger partial charge in [-0.05, 0) is 43.7 Å². The first-order valence-electron chi connectivity index (χ1n) is 9.87. The number of esters is 1. The molecule has 0 radical (unpaired) electrons. The van der Waals surface area contributed by atoms with Crippen LogP contribution >= 0.6 is 22.9 Å². The van der Waals surface area contributed by atoms with E-state index in [1.165, 1.54) is 7.05 Å². The Hall–Kier alpha value is -3.17. The molecule has 0 aliphatic carbocycles. The summed E-state index contributed by atoms with van der Waals surface area (Å²) in [4.78, 5) is 41.6. The number of oxazole rings is 1. The maximum absolute atomic E-state index is 12.6. The number of hydrogen-bond acceptors (Lipinski definition) is 7. The largest absolute Gasteiger partial charge is 0.462 e. The second kappa shape index (κ2) is 10.4. The number of carbonyl (C=O) groups excluding carboxylic acids is 3. The van der Waals surface area contributed by atoms with Crippen LogP contribution in [0.4, 0.5) is 5.00 Å². The molecule has 0 aliphatic rings. The smallest absolute Gasteiger partial charge is 0.341 e. The van der Waals surface area contributed by atoms with E-state index in [0.29, 0.717) is 27.1 Å². The number of halogens is 1. The lowest BCUT2D eigenvalue weighted by Gasteiger charge is -2.06. The van der Waals surface area contributed by atoms with Crippen LogP contribution in [-0.4, -0.2) is 36.4 Å². The standard InChI is InChI=1S/C22H22ClN3O5S/c1-4-30-22(29)18-12(2)19(20(28)24-3)32-21(18)26-16(27)9-10-17-25-11-15(31-17)13-5-7-14(23)8-6-13/h5-8,11H,4,9-10H2,1-3H3,(H,24,28)(H,26,27). The SMILES string of the molecule is CCOC(=O)c1c(NC(=O)CCc2ncc(-c3ccc(Cl)cc3)o2)sc(C(=O)NC)c1C. The van der Waals surface area contributed by atoms with Crippen molar-refractivity contribution < 1.29 is 23.5 Å². The molecule has 3 aromatic rings. The number of anilines is 1. The number of hydrogen-bond donors (Lipinski definition) is 2. The van der Waals surface area contributed by atoms with E-state index in [-0.39, 0.29) is 41.8 Å². The van der Waals surface area contributed by atoms with Gasteiger partial charge in [0.15, 0.2) is 11.7 Å². The molecule has 32 heavy (non-hydrogen) atoms. The van der Waals surface area contributed by atoms with Gasteiger partial charge in [0.1, 0.15) is 5.00 Å². The highest BCUT2D eigenvalue weighted by atomic mass is 35.5. The highest BCUT2D eigenvalue weighted by molar-refractivity contribution is 7.18. The Labute approximate surface area is 193 Å². The molecule has 10 heteroatoms. The number of carbonyl (C=O) groups is 3. The van der Waals surface area contributed by atoms with E-state index in [1.54, 1.807) is 32.2 Å². The van der Waals surface area contributed by atoms with Gasteiger partial charge in [0.2, 0.25) is 5.91 Å². The number of benzene rings is 1. The van der Waals surface area contributed by atoms with Crippen molar-refractivity contribution in [3.63, 3.8) is 0 Å². The number of aromatic nitrogens is 1. The van der Waals surface area contributed by atoms with Crippen LogP contribution in [0, 0.1) is 6.92 Å². The molecule has 2 N–H and O–H groups in total. The second-order valence-electron chi connectivity index (χ2n) is 6.73. The number of thiophene rings is 1. The van der Waals surface area contributed by atoms with Crippen LogP contribution in [0.5, 0.6) is 0 Å². The van der Waals surface area contributed by atoms with Crippen LogP contribution in [0.3, 0.4) is 0 Å².